The van der Waals surface area contributed by atoms with Gasteiger partial charge in [0.2, 0.25) is 5.91 Å². The zero-order chi connectivity index (χ0) is 13.4. The van der Waals surface area contributed by atoms with Gasteiger partial charge in [-0.15, -0.1) is 0 Å². The predicted molar refractivity (Wildman–Crippen MR) is 69.2 cm³/mol. The van der Waals surface area contributed by atoms with Crippen LogP contribution in [0.5, 0.6) is 0 Å². The molecule has 2 N–H and O–H groups in total. The summed E-state index contributed by atoms with van der Waals surface area (Å²) in [6, 6.07) is 9.81. The number of hydrogen-bond donors (Lipinski definition) is 2. The summed E-state index contributed by atoms with van der Waals surface area (Å²) < 4.78 is 0. The van der Waals surface area contributed by atoms with Crippen molar-refractivity contribution < 1.29 is 14.7 Å². The summed E-state index contributed by atoms with van der Waals surface area (Å²) in [4.78, 5) is 22.0. The number of amides is 1. The van der Waals surface area contributed by atoms with Gasteiger partial charge in [0, 0.05) is 19.4 Å². The Morgan fingerprint density at radius 1 is 1.28 bits per heavy atom. The van der Waals surface area contributed by atoms with Gasteiger partial charge in [0.05, 0.1) is 0 Å². The monoisotopic (exact) mass is 249 g/mol. The predicted octanol–water partition coefficient (Wildman–Crippen LogP) is 1.85. The molecule has 4 heteroatoms. The third kappa shape index (κ3) is 6.03. The summed E-state index contributed by atoms with van der Waals surface area (Å²) in [5, 5.41) is 11.3. The molecule has 0 aliphatic carbocycles. The largest absolute Gasteiger partial charge is 0.481 e. The molecule has 1 unspecified atom stereocenters. The first kappa shape index (κ1) is 14.2. The van der Waals surface area contributed by atoms with Crippen molar-refractivity contribution in [3.05, 3.63) is 35.9 Å². The molecule has 1 atom stereocenters. The number of hydrogen-bond acceptors (Lipinski definition) is 2. The third-order valence-corrected chi connectivity index (χ3v) is 2.65. The Bertz CT molecular complexity index is 389. The Hall–Kier alpha value is -1.84. The second kappa shape index (κ2) is 7.48. The highest BCUT2D eigenvalue weighted by Crippen LogP contribution is 2.03. The molecular weight excluding hydrogens is 230 g/mol. The molecule has 18 heavy (non-hydrogen) atoms. The van der Waals surface area contributed by atoms with E-state index in [4.69, 9.17) is 5.11 Å². The molecule has 0 spiro atoms. The van der Waals surface area contributed by atoms with Crippen LogP contribution in [0.15, 0.2) is 30.3 Å². The van der Waals surface area contributed by atoms with E-state index < -0.39 is 5.97 Å². The standard InChI is InChI=1S/C14H19NO3/c1-11(9-14(17)18)10-15-13(16)8-7-12-5-3-2-4-6-12/h2-6,11H,7-10H2,1H3,(H,15,16)(H,17,18). The van der Waals surface area contributed by atoms with E-state index in [1.165, 1.54) is 0 Å². The average molecular weight is 249 g/mol. The molecule has 0 aliphatic rings. The first-order chi connectivity index (χ1) is 8.58. The summed E-state index contributed by atoms with van der Waals surface area (Å²) in [5.74, 6) is -0.902. The Labute approximate surface area is 107 Å². The van der Waals surface area contributed by atoms with Crippen molar-refractivity contribution in [3.8, 4) is 0 Å². The normalized spacial score (nSPS) is 11.8. The topological polar surface area (TPSA) is 66.4 Å². The number of aliphatic carboxylic acids is 1. The number of aryl methyl sites for hydroxylation is 1. The lowest BCUT2D eigenvalue weighted by molar-refractivity contribution is -0.138. The average Bonchev–Trinajstić information content (AvgIpc) is 2.34. The Balaban J connectivity index is 2.20. The van der Waals surface area contributed by atoms with Crippen LogP contribution in [0, 0.1) is 5.92 Å². The van der Waals surface area contributed by atoms with Crippen molar-refractivity contribution in [3.63, 3.8) is 0 Å². The number of carbonyl (C=O) groups is 2. The maximum absolute atomic E-state index is 11.5. The van der Waals surface area contributed by atoms with Crippen LogP contribution in [-0.4, -0.2) is 23.5 Å². The van der Waals surface area contributed by atoms with Gasteiger partial charge in [-0.2, -0.15) is 0 Å². The zero-order valence-corrected chi connectivity index (χ0v) is 10.6. The van der Waals surface area contributed by atoms with Crippen molar-refractivity contribution in [1.82, 2.24) is 5.32 Å². The van der Waals surface area contributed by atoms with Crippen LogP contribution in [0.1, 0.15) is 25.3 Å². The second-order valence-corrected chi connectivity index (χ2v) is 4.49. The van der Waals surface area contributed by atoms with Crippen LogP contribution in [0.25, 0.3) is 0 Å². The van der Waals surface area contributed by atoms with Gasteiger partial charge in [-0.25, -0.2) is 0 Å². The van der Waals surface area contributed by atoms with Crippen molar-refractivity contribution in [1.29, 1.82) is 0 Å². The quantitative estimate of drug-likeness (QED) is 0.775. The summed E-state index contributed by atoms with van der Waals surface area (Å²) in [6.45, 7) is 2.23. The van der Waals surface area contributed by atoms with Crippen LogP contribution in [-0.2, 0) is 16.0 Å². The zero-order valence-electron chi connectivity index (χ0n) is 10.6. The van der Waals surface area contributed by atoms with E-state index in [1.807, 2.05) is 37.3 Å². The Kier molecular flexibility index (Phi) is 5.91. The van der Waals surface area contributed by atoms with Gasteiger partial charge < -0.3 is 10.4 Å². The molecule has 98 valence electrons. The fourth-order valence-electron chi connectivity index (χ4n) is 1.65. The minimum Gasteiger partial charge on any atom is -0.481 e. The minimum absolute atomic E-state index is 0.0314. The van der Waals surface area contributed by atoms with Crippen LogP contribution < -0.4 is 5.32 Å². The van der Waals surface area contributed by atoms with E-state index in [2.05, 4.69) is 5.32 Å². The molecular formula is C14H19NO3. The molecule has 0 bridgehead atoms. The van der Waals surface area contributed by atoms with E-state index in [0.29, 0.717) is 19.4 Å². The Morgan fingerprint density at radius 3 is 2.56 bits per heavy atom. The van der Waals surface area contributed by atoms with Gasteiger partial charge >= 0.3 is 5.97 Å². The number of benzene rings is 1. The maximum Gasteiger partial charge on any atom is 0.303 e. The fourth-order valence-corrected chi connectivity index (χ4v) is 1.65. The SMILES string of the molecule is CC(CNC(=O)CCc1ccccc1)CC(=O)O. The molecule has 1 aromatic rings. The number of carboxylic acid groups (broad SMARTS) is 1. The van der Waals surface area contributed by atoms with Crippen LogP contribution >= 0.6 is 0 Å². The van der Waals surface area contributed by atoms with Gasteiger partial charge in [0.1, 0.15) is 0 Å². The van der Waals surface area contributed by atoms with Gasteiger partial charge in [0.25, 0.3) is 0 Å². The van der Waals surface area contributed by atoms with Crippen molar-refractivity contribution in [2.75, 3.05) is 6.54 Å². The smallest absolute Gasteiger partial charge is 0.303 e. The van der Waals surface area contributed by atoms with E-state index >= 15 is 0 Å². The molecule has 0 radical (unpaired) electrons. The van der Waals surface area contributed by atoms with Gasteiger partial charge in [-0.1, -0.05) is 37.3 Å². The van der Waals surface area contributed by atoms with Crippen LogP contribution in [0.4, 0.5) is 0 Å². The molecule has 0 aliphatic heterocycles. The molecule has 0 saturated heterocycles. The second-order valence-electron chi connectivity index (χ2n) is 4.49. The van der Waals surface area contributed by atoms with Gasteiger partial charge in [-0.3, -0.25) is 9.59 Å². The molecule has 4 nitrogen and oxygen atoms in total. The van der Waals surface area contributed by atoms with Crippen molar-refractivity contribution >= 4 is 11.9 Å². The lowest BCUT2D eigenvalue weighted by atomic mass is 10.1. The molecule has 1 aromatic carbocycles. The number of rotatable bonds is 7. The minimum atomic E-state index is -0.832. The molecule has 0 saturated carbocycles. The molecule has 1 amide bonds. The molecule has 0 heterocycles. The van der Waals surface area contributed by atoms with Crippen molar-refractivity contribution in [2.24, 2.45) is 5.92 Å². The number of nitrogens with one attached hydrogen (secondary N) is 1. The third-order valence-electron chi connectivity index (χ3n) is 2.65. The highest BCUT2D eigenvalue weighted by atomic mass is 16.4. The highest BCUT2D eigenvalue weighted by molar-refractivity contribution is 5.76. The van der Waals surface area contributed by atoms with Crippen molar-refractivity contribution in [2.45, 2.75) is 26.2 Å². The lowest BCUT2D eigenvalue weighted by Gasteiger charge is -2.10. The van der Waals surface area contributed by atoms with E-state index in [1.54, 1.807) is 0 Å². The van der Waals surface area contributed by atoms with Gasteiger partial charge in [0.15, 0.2) is 0 Å². The summed E-state index contributed by atoms with van der Waals surface area (Å²) >= 11 is 0. The van der Waals surface area contributed by atoms with Crippen LogP contribution in [0.2, 0.25) is 0 Å². The summed E-state index contributed by atoms with van der Waals surface area (Å²) in [7, 11) is 0. The summed E-state index contributed by atoms with van der Waals surface area (Å²) in [5.41, 5.74) is 1.13. The molecule has 0 aromatic heterocycles. The highest BCUT2D eigenvalue weighted by Gasteiger charge is 2.09. The van der Waals surface area contributed by atoms with E-state index in [-0.39, 0.29) is 18.2 Å². The maximum atomic E-state index is 11.5. The Morgan fingerprint density at radius 2 is 1.94 bits per heavy atom. The number of carbonyl (C=O) groups excluding carboxylic acids is 1. The summed E-state index contributed by atoms with van der Waals surface area (Å²) in [6.07, 6.45) is 1.22. The number of carboxylic acids is 1. The van der Waals surface area contributed by atoms with E-state index in [9.17, 15) is 9.59 Å². The molecule has 1 rings (SSSR count). The van der Waals surface area contributed by atoms with E-state index in [0.717, 1.165) is 5.56 Å². The fraction of sp³-hybridized carbons (Fsp3) is 0.429. The van der Waals surface area contributed by atoms with Crippen LogP contribution in [0.3, 0.4) is 0 Å². The van der Waals surface area contributed by atoms with Gasteiger partial charge in [-0.05, 0) is 17.9 Å². The molecule has 0 fully saturated rings. The first-order valence-corrected chi connectivity index (χ1v) is 6.10. The first-order valence-electron chi connectivity index (χ1n) is 6.10. The lowest BCUT2D eigenvalue weighted by Crippen LogP contribution is -2.29.